The van der Waals surface area contributed by atoms with Crippen LogP contribution < -0.4 is 10.5 Å². The van der Waals surface area contributed by atoms with Gasteiger partial charge in [0.15, 0.2) is 5.71 Å². The number of hydrogen-bond donors (Lipinski definition) is 1. The number of benzene rings is 2. The molecular formula is C29H33N2O3Si. The zero-order chi connectivity index (χ0) is 25.3. The van der Waals surface area contributed by atoms with E-state index in [9.17, 15) is 9.59 Å². The number of carbonyl (C=O) groups is 2. The molecule has 35 heavy (non-hydrogen) atoms. The van der Waals surface area contributed by atoms with Crippen molar-refractivity contribution in [1.82, 2.24) is 0 Å². The minimum absolute atomic E-state index is 0.0689. The Hall–Kier alpha value is -3.51. The molecule has 1 N–H and O–H groups in total. The van der Waals surface area contributed by atoms with E-state index in [-0.39, 0.29) is 24.7 Å². The lowest BCUT2D eigenvalue weighted by Gasteiger charge is -2.47. The van der Waals surface area contributed by atoms with Gasteiger partial charge in [0.1, 0.15) is 14.1 Å². The Morgan fingerprint density at radius 3 is 2.43 bits per heavy atom. The van der Waals surface area contributed by atoms with Gasteiger partial charge in [0.2, 0.25) is 5.91 Å². The van der Waals surface area contributed by atoms with Crippen LogP contribution in [0.25, 0.3) is 5.57 Å². The molecule has 1 aliphatic carbocycles. The molecule has 6 heteroatoms. The summed E-state index contributed by atoms with van der Waals surface area (Å²) < 4.78 is 6.80. The number of methoxy groups -OCH3 is 1. The molecule has 0 fully saturated rings. The van der Waals surface area contributed by atoms with E-state index >= 15 is 0 Å². The molecule has 181 valence electrons. The van der Waals surface area contributed by atoms with Gasteiger partial charge in [-0.15, -0.1) is 0 Å². The maximum atomic E-state index is 12.5. The Kier molecular flexibility index (Phi) is 6.76. The zero-order valence-corrected chi connectivity index (χ0v) is 22.4. The first-order chi connectivity index (χ1) is 16.6. The van der Waals surface area contributed by atoms with Crippen LogP contribution in [-0.2, 0) is 14.3 Å². The normalized spacial score (nSPS) is 15.7. The van der Waals surface area contributed by atoms with Crippen LogP contribution in [0.4, 0.5) is 5.69 Å². The number of esters is 1. The Morgan fingerprint density at radius 1 is 1.00 bits per heavy atom. The first kappa shape index (κ1) is 24.6. The smallest absolute Gasteiger partial charge is 0.306 e. The van der Waals surface area contributed by atoms with Crippen molar-refractivity contribution in [1.29, 1.82) is 0 Å². The SMILES string of the molecule is COC(=O)CCC(=O)Nc1ccc2c(c1)[Si-](C)(C)C1=CC(=[N+](C)C)C=CC1=C2c1ccccc1C. The molecule has 0 unspecified atom stereocenters. The van der Waals surface area contributed by atoms with Gasteiger partial charge in [-0.05, 0) is 46.9 Å². The second-order valence-electron chi connectivity index (χ2n) is 9.82. The highest BCUT2D eigenvalue weighted by molar-refractivity contribution is 6.98. The summed E-state index contributed by atoms with van der Waals surface area (Å²) in [6.45, 7) is 6.91. The lowest BCUT2D eigenvalue weighted by atomic mass is 9.87. The topological polar surface area (TPSA) is 58.4 Å². The van der Waals surface area contributed by atoms with Crippen molar-refractivity contribution in [3.8, 4) is 0 Å². The van der Waals surface area contributed by atoms with Gasteiger partial charge in [0, 0.05) is 18.2 Å². The van der Waals surface area contributed by atoms with Gasteiger partial charge in [-0.25, -0.2) is 4.58 Å². The van der Waals surface area contributed by atoms with Crippen LogP contribution in [-0.4, -0.2) is 51.4 Å². The van der Waals surface area contributed by atoms with Gasteiger partial charge in [0.25, 0.3) is 0 Å². The average molecular weight is 486 g/mol. The molecule has 0 spiro atoms. The summed E-state index contributed by atoms with van der Waals surface area (Å²) in [4.78, 5) is 23.9. The van der Waals surface area contributed by atoms with Crippen LogP contribution in [0.15, 0.2) is 71.5 Å². The molecule has 0 radical (unpaired) electrons. The third kappa shape index (κ3) is 4.71. The fraction of sp³-hybridized carbons (Fsp3) is 0.276. The molecule has 2 aromatic rings. The van der Waals surface area contributed by atoms with Gasteiger partial charge >= 0.3 is 5.97 Å². The molecule has 1 amide bonds. The number of fused-ring (bicyclic) bond motifs is 2. The monoisotopic (exact) mass is 485 g/mol. The van der Waals surface area contributed by atoms with Crippen molar-refractivity contribution >= 4 is 42.1 Å². The first-order valence-electron chi connectivity index (χ1n) is 11.9. The van der Waals surface area contributed by atoms with Gasteiger partial charge in [-0.2, -0.15) is 23.5 Å². The molecule has 2 aliphatic rings. The van der Waals surface area contributed by atoms with Crippen LogP contribution in [0, 0.1) is 6.92 Å². The van der Waals surface area contributed by atoms with Gasteiger partial charge in [-0.3, -0.25) is 9.59 Å². The van der Waals surface area contributed by atoms with Crippen LogP contribution in [0.1, 0.15) is 29.5 Å². The van der Waals surface area contributed by atoms with Gasteiger partial charge in [-0.1, -0.05) is 50.5 Å². The number of amides is 1. The van der Waals surface area contributed by atoms with E-state index in [0.717, 1.165) is 5.69 Å². The van der Waals surface area contributed by atoms with E-state index in [0.29, 0.717) is 0 Å². The molecule has 0 saturated heterocycles. The van der Waals surface area contributed by atoms with Crippen molar-refractivity contribution in [3.63, 3.8) is 0 Å². The third-order valence-electron chi connectivity index (χ3n) is 6.91. The average Bonchev–Trinajstić information content (AvgIpc) is 2.83. The quantitative estimate of drug-likeness (QED) is 0.389. The number of ether oxygens (including phenoxy) is 1. The molecule has 1 aliphatic heterocycles. The summed E-state index contributed by atoms with van der Waals surface area (Å²) in [5.41, 5.74) is 8.18. The third-order valence-corrected chi connectivity index (χ3v) is 10.4. The Labute approximate surface area is 208 Å². The fourth-order valence-electron chi connectivity index (χ4n) is 4.88. The van der Waals surface area contributed by atoms with Crippen LogP contribution in [0.5, 0.6) is 0 Å². The molecular weight excluding hydrogens is 452 g/mol. The molecule has 1 heterocycles. The summed E-state index contributed by atoms with van der Waals surface area (Å²) in [6, 6.07) is 14.8. The summed E-state index contributed by atoms with van der Waals surface area (Å²) in [5.74, 6) is -0.575. The maximum Gasteiger partial charge on any atom is 0.306 e. The standard InChI is InChI=1S/C29H32N2O3Si/c1-19-9-7-8-10-22(19)29-23-13-11-20(30-27(32)15-16-28(33)34-4)17-25(23)35(5,6)26-18-21(31(2)3)12-14-24(26)29/h7-14,17-18H,15-16H2,1-6H3/q-1/p+1. The lowest BCUT2D eigenvalue weighted by Crippen LogP contribution is -2.49. The van der Waals surface area contributed by atoms with Crippen LogP contribution in [0.3, 0.4) is 0 Å². The number of carbonyl (C=O) groups excluding carboxylic acids is 2. The maximum absolute atomic E-state index is 12.5. The number of aryl methyl sites for hydroxylation is 1. The van der Waals surface area contributed by atoms with Gasteiger partial charge in [0.05, 0.1) is 13.5 Å². The summed E-state index contributed by atoms with van der Waals surface area (Å²) in [7, 11) is 3.37. The highest BCUT2D eigenvalue weighted by Gasteiger charge is 2.31. The molecule has 5 nitrogen and oxygen atoms in total. The Balaban J connectivity index is 1.85. The molecule has 4 rings (SSSR count). The second-order valence-corrected chi connectivity index (χ2v) is 14.2. The first-order valence-corrected chi connectivity index (χ1v) is 14.9. The highest BCUT2D eigenvalue weighted by atomic mass is 28.3. The van der Waals surface area contributed by atoms with Crippen molar-refractivity contribution in [2.45, 2.75) is 32.9 Å². The fourth-order valence-corrected chi connectivity index (χ4v) is 7.96. The summed E-state index contributed by atoms with van der Waals surface area (Å²) >= 11 is 0. The van der Waals surface area contributed by atoms with Crippen LogP contribution in [0.2, 0.25) is 13.1 Å². The Bertz CT molecular complexity index is 1340. The van der Waals surface area contributed by atoms with Crippen molar-refractivity contribution in [2.75, 3.05) is 26.5 Å². The van der Waals surface area contributed by atoms with Gasteiger partial charge < -0.3 is 10.1 Å². The van der Waals surface area contributed by atoms with Crippen LogP contribution >= 0.6 is 0 Å². The molecule has 0 saturated carbocycles. The molecule has 2 aromatic carbocycles. The van der Waals surface area contributed by atoms with E-state index in [4.69, 9.17) is 0 Å². The van der Waals surface area contributed by atoms with E-state index < -0.39 is 8.07 Å². The van der Waals surface area contributed by atoms with E-state index in [2.05, 4.69) is 103 Å². The summed E-state index contributed by atoms with van der Waals surface area (Å²) in [6.07, 6.45) is 6.97. The molecule has 0 bridgehead atoms. The minimum Gasteiger partial charge on any atom is -0.469 e. The second kappa shape index (κ2) is 9.62. The van der Waals surface area contributed by atoms with E-state index in [1.807, 2.05) is 6.07 Å². The van der Waals surface area contributed by atoms with E-state index in [1.165, 1.54) is 51.0 Å². The van der Waals surface area contributed by atoms with Crippen molar-refractivity contribution in [2.24, 2.45) is 0 Å². The molecule has 0 aromatic heterocycles. The summed E-state index contributed by atoms with van der Waals surface area (Å²) in [5, 5.41) is 5.68. The lowest BCUT2D eigenvalue weighted by molar-refractivity contribution is -0.462. The molecule has 0 atom stereocenters. The van der Waals surface area contributed by atoms with Crippen molar-refractivity contribution < 1.29 is 18.9 Å². The minimum atomic E-state index is -2.10. The number of nitrogens with one attached hydrogen (secondary N) is 1. The highest BCUT2D eigenvalue weighted by Crippen LogP contribution is 2.42. The number of rotatable bonds is 5. The van der Waals surface area contributed by atoms with E-state index in [1.54, 1.807) is 0 Å². The largest absolute Gasteiger partial charge is 0.469 e. The predicted molar refractivity (Wildman–Crippen MR) is 145 cm³/mol. The Morgan fingerprint density at radius 2 is 1.74 bits per heavy atom. The number of allylic oxidation sites excluding steroid dienone is 5. The number of hydrogen-bond acceptors (Lipinski definition) is 3. The van der Waals surface area contributed by atoms with Crippen molar-refractivity contribution in [3.05, 3.63) is 88.2 Å². The predicted octanol–water partition coefficient (Wildman–Crippen LogP) is 4.37. The number of anilines is 1. The number of nitrogens with zero attached hydrogens (tertiary/aromatic N) is 1. The zero-order valence-electron chi connectivity index (χ0n) is 21.4.